The molecule has 1 aromatic carbocycles. The van der Waals surface area contributed by atoms with Crippen LogP contribution in [0, 0.1) is 11.8 Å². The van der Waals surface area contributed by atoms with E-state index in [1.165, 1.54) is 19.3 Å². The SMILES string of the molecule is CCNC(=NCc1cccc(NC(=O)C2CCCCC2)c1)N(C)CC1CCOC1.I. The van der Waals surface area contributed by atoms with E-state index >= 15 is 0 Å². The number of benzene rings is 1. The Balaban J connectivity index is 0.00000320. The van der Waals surface area contributed by atoms with Crippen LogP contribution in [0.2, 0.25) is 0 Å². The smallest absolute Gasteiger partial charge is 0.227 e. The summed E-state index contributed by atoms with van der Waals surface area (Å²) in [6.07, 6.45) is 6.74. The van der Waals surface area contributed by atoms with Crippen LogP contribution in [0.15, 0.2) is 29.3 Å². The van der Waals surface area contributed by atoms with Gasteiger partial charge in [0, 0.05) is 44.3 Å². The molecule has 1 amide bonds. The number of amides is 1. The lowest BCUT2D eigenvalue weighted by Gasteiger charge is -2.24. The van der Waals surface area contributed by atoms with Gasteiger partial charge in [0.05, 0.1) is 13.2 Å². The van der Waals surface area contributed by atoms with Crippen molar-refractivity contribution in [3.8, 4) is 0 Å². The quantitative estimate of drug-likeness (QED) is 0.316. The highest BCUT2D eigenvalue weighted by molar-refractivity contribution is 14.0. The maximum atomic E-state index is 12.5. The summed E-state index contributed by atoms with van der Waals surface area (Å²) in [5, 5.41) is 6.49. The molecule has 30 heavy (non-hydrogen) atoms. The van der Waals surface area contributed by atoms with E-state index in [0.717, 1.165) is 62.8 Å². The second kappa shape index (κ2) is 13.1. The summed E-state index contributed by atoms with van der Waals surface area (Å²) in [5.41, 5.74) is 1.97. The largest absolute Gasteiger partial charge is 0.381 e. The lowest BCUT2D eigenvalue weighted by Crippen LogP contribution is -2.41. The fourth-order valence-electron chi connectivity index (χ4n) is 4.19. The van der Waals surface area contributed by atoms with Crippen LogP contribution < -0.4 is 10.6 Å². The number of hydrogen-bond donors (Lipinski definition) is 2. The van der Waals surface area contributed by atoms with E-state index in [-0.39, 0.29) is 35.8 Å². The van der Waals surface area contributed by atoms with Crippen LogP contribution in [0.4, 0.5) is 5.69 Å². The van der Waals surface area contributed by atoms with E-state index < -0.39 is 0 Å². The van der Waals surface area contributed by atoms with E-state index in [9.17, 15) is 4.79 Å². The lowest BCUT2D eigenvalue weighted by atomic mass is 9.88. The van der Waals surface area contributed by atoms with Crippen molar-refractivity contribution in [2.75, 3.05) is 38.7 Å². The average Bonchev–Trinajstić information content (AvgIpc) is 3.25. The Labute approximate surface area is 198 Å². The van der Waals surface area contributed by atoms with Gasteiger partial charge < -0.3 is 20.3 Å². The molecule has 1 saturated heterocycles. The van der Waals surface area contributed by atoms with Crippen LogP contribution in [0.25, 0.3) is 0 Å². The van der Waals surface area contributed by atoms with Crippen molar-refractivity contribution in [1.29, 1.82) is 0 Å². The molecule has 7 heteroatoms. The summed E-state index contributed by atoms with van der Waals surface area (Å²) in [4.78, 5) is 19.5. The normalized spacial score (nSPS) is 19.8. The van der Waals surface area contributed by atoms with Gasteiger partial charge in [-0.3, -0.25) is 4.79 Å². The van der Waals surface area contributed by atoms with Crippen molar-refractivity contribution in [3.05, 3.63) is 29.8 Å². The summed E-state index contributed by atoms with van der Waals surface area (Å²) in [7, 11) is 2.08. The molecule has 0 bridgehead atoms. The number of carbonyl (C=O) groups excluding carboxylic acids is 1. The zero-order valence-corrected chi connectivity index (χ0v) is 20.7. The first-order valence-electron chi connectivity index (χ1n) is 11.1. The molecule has 2 aliphatic rings. The van der Waals surface area contributed by atoms with Crippen molar-refractivity contribution >= 4 is 41.5 Å². The summed E-state index contributed by atoms with van der Waals surface area (Å²) in [5.74, 6) is 1.81. The molecule has 2 fully saturated rings. The molecule has 6 nitrogen and oxygen atoms in total. The van der Waals surface area contributed by atoms with Gasteiger partial charge in [-0.1, -0.05) is 31.4 Å². The van der Waals surface area contributed by atoms with Crippen molar-refractivity contribution in [2.24, 2.45) is 16.8 Å². The van der Waals surface area contributed by atoms with Gasteiger partial charge in [0.25, 0.3) is 0 Å². The Hall–Kier alpha value is -1.35. The van der Waals surface area contributed by atoms with Crippen molar-refractivity contribution in [1.82, 2.24) is 10.2 Å². The maximum absolute atomic E-state index is 12.5. The fraction of sp³-hybridized carbons (Fsp3) is 0.652. The molecule has 1 aliphatic heterocycles. The van der Waals surface area contributed by atoms with Crippen molar-refractivity contribution in [2.45, 2.75) is 52.0 Å². The maximum Gasteiger partial charge on any atom is 0.227 e. The minimum Gasteiger partial charge on any atom is -0.381 e. The lowest BCUT2D eigenvalue weighted by molar-refractivity contribution is -0.120. The number of aliphatic imine (C=N–C) groups is 1. The van der Waals surface area contributed by atoms with Crippen LogP contribution in [0.3, 0.4) is 0 Å². The van der Waals surface area contributed by atoms with Crippen LogP contribution in [0.1, 0.15) is 51.0 Å². The molecule has 1 aromatic rings. The van der Waals surface area contributed by atoms with E-state index in [4.69, 9.17) is 9.73 Å². The standard InChI is InChI=1S/C23H36N4O2.HI/c1-3-24-23(27(2)16-19-12-13-29-17-19)25-15-18-8-7-11-21(14-18)26-22(28)20-9-5-4-6-10-20;/h7-8,11,14,19-20H,3-6,9-10,12-13,15-17H2,1-2H3,(H,24,25)(H,26,28);1H. The molecule has 0 aromatic heterocycles. The second-order valence-electron chi connectivity index (χ2n) is 8.30. The third kappa shape index (κ3) is 7.72. The third-order valence-electron chi connectivity index (χ3n) is 5.83. The first kappa shape index (κ1) is 24.9. The molecular weight excluding hydrogens is 491 g/mol. The number of guanidine groups is 1. The predicted molar refractivity (Wildman–Crippen MR) is 133 cm³/mol. The van der Waals surface area contributed by atoms with Crippen LogP contribution in [-0.4, -0.2) is 50.1 Å². The highest BCUT2D eigenvalue weighted by Crippen LogP contribution is 2.25. The molecule has 1 aliphatic carbocycles. The Morgan fingerprint density at radius 3 is 2.73 bits per heavy atom. The van der Waals surface area contributed by atoms with Gasteiger partial charge in [-0.05, 0) is 43.9 Å². The highest BCUT2D eigenvalue weighted by atomic mass is 127. The average molecular weight is 528 g/mol. The number of anilines is 1. The van der Waals surface area contributed by atoms with E-state index in [0.29, 0.717) is 12.5 Å². The van der Waals surface area contributed by atoms with Gasteiger partial charge >= 0.3 is 0 Å². The second-order valence-corrected chi connectivity index (χ2v) is 8.30. The summed E-state index contributed by atoms with van der Waals surface area (Å²) >= 11 is 0. The van der Waals surface area contributed by atoms with Crippen LogP contribution in [0.5, 0.6) is 0 Å². The van der Waals surface area contributed by atoms with Crippen LogP contribution in [-0.2, 0) is 16.1 Å². The molecule has 1 unspecified atom stereocenters. The molecule has 0 spiro atoms. The zero-order chi connectivity index (χ0) is 20.5. The molecule has 2 N–H and O–H groups in total. The number of nitrogens with zero attached hydrogens (tertiary/aromatic N) is 2. The fourth-order valence-corrected chi connectivity index (χ4v) is 4.19. The minimum atomic E-state index is 0. The van der Waals surface area contributed by atoms with Gasteiger partial charge in [0.1, 0.15) is 0 Å². The predicted octanol–water partition coefficient (Wildman–Crippen LogP) is 4.26. The van der Waals surface area contributed by atoms with Gasteiger partial charge in [-0.15, -0.1) is 24.0 Å². The molecule has 168 valence electrons. The topological polar surface area (TPSA) is 66.0 Å². The molecule has 0 radical (unpaired) electrons. The van der Waals surface area contributed by atoms with E-state index in [1.807, 2.05) is 18.2 Å². The van der Waals surface area contributed by atoms with Crippen molar-refractivity contribution in [3.63, 3.8) is 0 Å². The Kier molecular flexibility index (Phi) is 10.9. The Morgan fingerprint density at radius 2 is 2.03 bits per heavy atom. The first-order chi connectivity index (χ1) is 14.2. The van der Waals surface area contributed by atoms with Gasteiger partial charge in [-0.25, -0.2) is 4.99 Å². The number of halogens is 1. The molecule has 1 atom stereocenters. The van der Waals surface area contributed by atoms with Gasteiger partial charge in [-0.2, -0.15) is 0 Å². The Morgan fingerprint density at radius 1 is 1.23 bits per heavy atom. The number of nitrogens with one attached hydrogen (secondary N) is 2. The van der Waals surface area contributed by atoms with Gasteiger partial charge in [0.2, 0.25) is 5.91 Å². The van der Waals surface area contributed by atoms with E-state index in [2.05, 4.69) is 35.6 Å². The Bertz CT molecular complexity index is 686. The minimum absolute atomic E-state index is 0. The summed E-state index contributed by atoms with van der Waals surface area (Å²) in [6.45, 7) is 6.16. The summed E-state index contributed by atoms with van der Waals surface area (Å²) < 4.78 is 5.49. The van der Waals surface area contributed by atoms with Crippen LogP contribution >= 0.6 is 24.0 Å². The van der Waals surface area contributed by atoms with Gasteiger partial charge in [0.15, 0.2) is 5.96 Å². The number of hydrogen-bond acceptors (Lipinski definition) is 3. The first-order valence-corrected chi connectivity index (χ1v) is 11.1. The summed E-state index contributed by atoms with van der Waals surface area (Å²) in [6, 6.07) is 8.06. The highest BCUT2D eigenvalue weighted by Gasteiger charge is 2.21. The van der Waals surface area contributed by atoms with E-state index in [1.54, 1.807) is 0 Å². The zero-order valence-electron chi connectivity index (χ0n) is 18.4. The number of ether oxygens (including phenoxy) is 1. The third-order valence-corrected chi connectivity index (χ3v) is 5.83. The molecule has 1 heterocycles. The van der Waals surface area contributed by atoms with Crippen molar-refractivity contribution < 1.29 is 9.53 Å². The number of carbonyl (C=O) groups is 1. The molecule has 1 saturated carbocycles. The molecule has 3 rings (SSSR count). The monoisotopic (exact) mass is 528 g/mol. The molecular formula is C23H37IN4O2. The number of rotatable bonds is 7.